The van der Waals surface area contributed by atoms with Crippen LogP contribution in [0.25, 0.3) is 0 Å². The predicted octanol–water partition coefficient (Wildman–Crippen LogP) is 0.335. The van der Waals surface area contributed by atoms with Crippen LogP contribution in [0.5, 0.6) is 0 Å². The topological polar surface area (TPSA) is 55.8 Å². The van der Waals surface area contributed by atoms with Crippen molar-refractivity contribution in [1.82, 2.24) is 0 Å². The summed E-state index contributed by atoms with van der Waals surface area (Å²) in [6, 6.07) is 0. The van der Waals surface area contributed by atoms with E-state index in [1.54, 1.807) is 6.92 Å². The average Bonchev–Trinajstić information content (AvgIpc) is 2.13. The molecule has 0 aromatic heterocycles. The Morgan fingerprint density at radius 2 is 2.08 bits per heavy atom. The summed E-state index contributed by atoms with van der Waals surface area (Å²) in [5.74, 6) is -0.556. The van der Waals surface area contributed by atoms with Crippen LogP contribution in [0.1, 0.15) is 20.3 Å². The highest BCUT2D eigenvalue weighted by Crippen LogP contribution is 2.18. The summed E-state index contributed by atoms with van der Waals surface area (Å²) in [6.07, 6.45) is -0.394. The molecule has 0 amide bonds. The fourth-order valence-corrected chi connectivity index (χ4v) is 0.948. The molecule has 0 aliphatic carbocycles. The first-order chi connectivity index (χ1) is 5.52. The van der Waals surface area contributed by atoms with Crippen molar-refractivity contribution in [1.29, 1.82) is 0 Å². The largest absolute Gasteiger partial charge is 0.467 e. The summed E-state index contributed by atoms with van der Waals surface area (Å²) in [5, 5.41) is 9.45. The van der Waals surface area contributed by atoms with Gasteiger partial charge < -0.3 is 14.6 Å². The standard InChI is InChI=1S/C8H16O4/c1-5-6(9)8(2,12-4)7(10)11-3/h6,9H,5H2,1-4H3/t6-,8-/m1/s1. The molecule has 0 fully saturated rings. The van der Waals surface area contributed by atoms with Gasteiger partial charge in [-0.2, -0.15) is 0 Å². The third-order valence-corrected chi connectivity index (χ3v) is 2.04. The highest BCUT2D eigenvalue weighted by molar-refractivity contribution is 5.79. The normalized spacial score (nSPS) is 18.1. The van der Waals surface area contributed by atoms with E-state index in [0.29, 0.717) is 6.42 Å². The molecule has 0 unspecified atom stereocenters. The minimum Gasteiger partial charge on any atom is -0.467 e. The molecule has 0 aromatic carbocycles. The van der Waals surface area contributed by atoms with E-state index < -0.39 is 17.7 Å². The van der Waals surface area contributed by atoms with Crippen LogP contribution in [-0.2, 0) is 14.3 Å². The summed E-state index contributed by atoms with van der Waals surface area (Å²) >= 11 is 0. The van der Waals surface area contributed by atoms with Crippen molar-refractivity contribution in [2.24, 2.45) is 0 Å². The maximum atomic E-state index is 11.2. The van der Waals surface area contributed by atoms with E-state index in [0.717, 1.165) is 0 Å². The number of ether oxygens (including phenoxy) is 2. The fourth-order valence-electron chi connectivity index (χ4n) is 0.948. The lowest BCUT2D eigenvalue weighted by Crippen LogP contribution is -2.48. The van der Waals surface area contributed by atoms with E-state index in [1.165, 1.54) is 21.1 Å². The molecule has 0 heterocycles. The molecule has 0 aromatic rings. The van der Waals surface area contributed by atoms with Gasteiger partial charge in [-0.1, -0.05) is 6.92 Å². The molecule has 0 rings (SSSR count). The number of esters is 1. The van der Waals surface area contributed by atoms with Crippen molar-refractivity contribution in [3.63, 3.8) is 0 Å². The number of methoxy groups -OCH3 is 2. The van der Waals surface area contributed by atoms with E-state index in [1.807, 2.05) is 0 Å². The van der Waals surface area contributed by atoms with Gasteiger partial charge in [0.2, 0.25) is 0 Å². The Morgan fingerprint density at radius 3 is 2.33 bits per heavy atom. The van der Waals surface area contributed by atoms with Crippen LogP contribution in [-0.4, -0.2) is 37.0 Å². The first-order valence-corrected chi connectivity index (χ1v) is 3.84. The first kappa shape index (κ1) is 11.4. The van der Waals surface area contributed by atoms with E-state index in [4.69, 9.17) is 4.74 Å². The van der Waals surface area contributed by atoms with E-state index >= 15 is 0 Å². The first-order valence-electron chi connectivity index (χ1n) is 3.84. The molecule has 1 N–H and O–H groups in total. The Kier molecular flexibility index (Phi) is 4.20. The van der Waals surface area contributed by atoms with Gasteiger partial charge in [0.15, 0.2) is 5.60 Å². The maximum absolute atomic E-state index is 11.2. The molecule has 12 heavy (non-hydrogen) atoms. The van der Waals surface area contributed by atoms with Gasteiger partial charge in [-0.05, 0) is 13.3 Å². The molecule has 0 bridgehead atoms. The van der Waals surface area contributed by atoms with Crippen LogP contribution in [0, 0.1) is 0 Å². The molecule has 4 nitrogen and oxygen atoms in total. The minimum atomic E-state index is -1.25. The minimum absolute atomic E-state index is 0.444. The van der Waals surface area contributed by atoms with E-state index in [-0.39, 0.29) is 0 Å². The average molecular weight is 176 g/mol. The van der Waals surface area contributed by atoms with Crippen LogP contribution < -0.4 is 0 Å². The van der Waals surface area contributed by atoms with Gasteiger partial charge in [0.1, 0.15) is 0 Å². The number of hydrogen-bond donors (Lipinski definition) is 1. The zero-order valence-electron chi connectivity index (χ0n) is 7.96. The van der Waals surface area contributed by atoms with Crippen molar-refractivity contribution in [3.05, 3.63) is 0 Å². The zero-order valence-corrected chi connectivity index (χ0v) is 7.96. The monoisotopic (exact) mass is 176 g/mol. The number of carbonyl (C=O) groups excluding carboxylic acids is 1. The van der Waals surface area contributed by atoms with Crippen molar-refractivity contribution < 1.29 is 19.4 Å². The lowest BCUT2D eigenvalue weighted by atomic mass is 9.97. The van der Waals surface area contributed by atoms with Crippen molar-refractivity contribution in [3.8, 4) is 0 Å². The number of aliphatic hydroxyl groups is 1. The summed E-state index contributed by atoms with van der Waals surface area (Å²) in [7, 11) is 2.64. The number of hydrogen-bond acceptors (Lipinski definition) is 4. The second-order valence-electron chi connectivity index (χ2n) is 2.73. The quantitative estimate of drug-likeness (QED) is 0.627. The van der Waals surface area contributed by atoms with Crippen LogP contribution in [0.3, 0.4) is 0 Å². The van der Waals surface area contributed by atoms with Gasteiger partial charge in [0.05, 0.1) is 13.2 Å². The smallest absolute Gasteiger partial charge is 0.340 e. The van der Waals surface area contributed by atoms with Gasteiger partial charge in [-0.15, -0.1) is 0 Å². The maximum Gasteiger partial charge on any atom is 0.340 e. The predicted molar refractivity (Wildman–Crippen MR) is 43.7 cm³/mol. The molecule has 4 heteroatoms. The highest BCUT2D eigenvalue weighted by Gasteiger charge is 2.41. The van der Waals surface area contributed by atoms with Crippen molar-refractivity contribution >= 4 is 5.97 Å². The Balaban J connectivity index is 4.54. The molecule has 72 valence electrons. The molecule has 0 spiro atoms. The lowest BCUT2D eigenvalue weighted by Gasteiger charge is -2.29. The molecule has 0 radical (unpaired) electrons. The van der Waals surface area contributed by atoms with Crippen LogP contribution in [0.4, 0.5) is 0 Å². The lowest BCUT2D eigenvalue weighted by molar-refractivity contribution is -0.177. The molecule has 0 saturated carbocycles. The summed E-state index contributed by atoms with van der Waals surface area (Å²) in [6.45, 7) is 3.28. The number of aliphatic hydroxyl groups excluding tert-OH is 1. The van der Waals surface area contributed by atoms with Gasteiger partial charge in [-0.3, -0.25) is 0 Å². The van der Waals surface area contributed by atoms with E-state index in [2.05, 4.69) is 4.74 Å². The van der Waals surface area contributed by atoms with Crippen molar-refractivity contribution in [2.75, 3.05) is 14.2 Å². The molecule has 0 saturated heterocycles. The zero-order chi connectivity index (χ0) is 9.78. The molecule has 0 aliphatic heterocycles. The Morgan fingerprint density at radius 1 is 1.58 bits per heavy atom. The summed E-state index contributed by atoms with van der Waals surface area (Å²) in [4.78, 5) is 11.2. The Hall–Kier alpha value is -0.610. The number of rotatable bonds is 4. The van der Waals surface area contributed by atoms with Gasteiger partial charge >= 0.3 is 5.97 Å². The highest BCUT2D eigenvalue weighted by atomic mass is 16.6. The molecule has 0 aliphatic rings. The van der Waals surface area contributed by atoms with Crippen molar-refractivity contribution in [2.45, 2.75) is 32.0 Å². The second kappa shape index (κ2) is 4.42. The number of carbonyl (C=O) groups is 1. The van der Waals surface area contributed by atoms with Crippen LogP contribution in [0.15, 0.2) is 0 Å². The second-order valence-corrected chi connectivity index (χ2v) is 2.73. The SMILES string of the molecule is CC[C@@H](O)[C@@](C)(OC)C(=O)OC. The fraction of sp³-hybridized carbons (Fsp3) is 0.875. The van der Waals surface area contributed by atoms with Gasteiger partial charge in [0.25, 0.3) is 0 Å². The molecular weight excluding hydrogens is 160 g/mol. The summed E-state index contributed by atoms with van der Waals surface area (Å²) in [5.41, 5.74) is -1.25. The van der Waals surface area contributed by atoms with Crippen LogP contribution in [0.2, 0.25) is 0 Å². The Labute approximate surface area is 72.5 Å². The molecular formula is C8H16O4. The van der Waals surface area contributed by atoms with Gasteiger partial charge in [0, 0.05) is 7.11 Å². The third kappa shape index (κ3) is 1.95. The van der Waals surface area contributed by atoms with Crippen LogP contribution >= 0.6 is 0 Å². The summed E-state index contributed by atoms with van der Waals surface area (Å²) < 4.78 is 9.42. The third-order valence-electron chi connectivity index (χ3n) is 2.04. The van der Waals surface area contributed by atoms with Gasteiger partial charge in [-0.25, -0.2) is 4.79 Å². The van der Waals surface area contributed by atoms with E-state index in [9.17, 15) is 9.90 Å². The Bertz CT molecular complexity index is 157. The molecule has 2 atom stereocenters.